The summed E-state index contributed by atoms with van der Waals surface area (Å²) in [5, 5.41) is 15.9. The van der Waals surface area contributed by atoms with Gasteiger partial charge in [-0.15, -0.1) is 0 Å². The number of hydrogen-bond acceptors (Lipinski definition) is 4. The zero-order valence-electron chi connectivity index (χ0n) is 13.0. The lowest BCUT2D eigenvalue weighted by Gasteiger charge is -2.01. The molecule has 0 unspecified atom stereocenters. The Morgan fingerprint density at radius 3 is 2.87 bits per heavy atom. The molecule has 0 amide bonds. The van der Waals surface area contributed by atoms with Gasteiger partial charge in [0, 0.05) is 29.2 Å². The summed E-state index contributed by atoms with van der Waals surface area (Å²) >= 11 is 0. The van der Waals surface area contributed by atoms with Gasteiger partial charge in [0.25, 0.3) is 0 Å². The van der Waals surface area contributed by atoms with Gasteiger partial charge >= 0.3 is 5.69 Å². The van der Waals surface area contributed by atoms with Crippen LogP contribution in [-0.4, -0.2) is 14.6 Å². The van der Waals surface area contributed by atoms with Gasteiger partial charge in [0.05, 0.1) is 4.92 Å². The van der Waals surface area contributed by atoms with Crippen LogP contribution in [0, 0.1) is 17.0 Å². The van der Waals surface area contributed by atoms with Gasteiger partial charge < -0.3 is 9.09 Å². The van der Waals surface area contributed by atoms with Gasteiger partial charge in [0.2, 0.25) is 5.76 Å². The van der Waals surface area contributed by atoms with E-state index in [9.17, 15) is 10.1 Å². The van der Waals surface area contributed by atoms with Crippen molar-refractivity contribution in [2.45, 2.75) is 26.8 Å². The molecule has 0 aliphatic rings. The Balaban J connectivity index is 2.03. The maximum Gasteiger partial charge on any atom is 0.338 e. The highest BCUT2D eigenvalue weighted by atomic mass is 16.6. The molecule has 1 aromatic carbocycles. The van der Waals surface area contributed by atoms with Crippen LogP contribution in [-0.2, 0) is 6.54 Å². The Kier molecular flexibility index (Phi) is 3.97. The smallest absolute Gasteiger partial charge is 0.338 e. The second kappa shape index (κ2) is 6.08. The molecule has 23 heavy (non-hydrogen) atoms. The van der Waals surface area contributed by atoms with Crippen LogP contribution in [0.4, 0.5) is 5.69 Å². The highest BCUT2D eigenvalue weighted by molar-refractivity contribution is 5.92. The highest BCUT2D eigenvalue weighted by Gasteiger charge is 2.22. The molecule has 0 aliphatic carbocycles. The fourth-order valence-electron chi connectivity index (χ4n) is 2.71. The van der Waals surface area contributed by atoms with Crippen LogP contribution in [0.15, 0.2) is 35.0 Å². The molecule has 118 valence electrons. The van der Waals surface area contributed by atoms with Gasteiger partial charge in [0.1, 0.15) is 0 Å². The van der Waals surface area contributed by atoms with Crippen LogP contribution in [0.25, 0.3) is 23.1 Å². The number of nitrogens with zero attached hydrogens (tertiary/aromatic N) is 3. The number of para-hydroxylation sites is 1. The van der Waals surface area contributed by atoms with Crippen molar-refractivity contribution in [2.24, 2.45) is 0 Å². The molecule has 0 saturated carbocycles. The Bertz CT molecular complexity index is 890. The number of aryl methyl sites for hydroxylation is 2. The van der Waals surface area contributed by atoms with Crippen molar-refractivity contribution in [1.29, 1.82) is 0 Å². The number of rotatable bonds is 5. The molecule has 0 spiro atoms. The average Bonchev–Trinajstić information content (AvgIpc) is 3.07. The first kappa shape index (κ1) is 15.0. The van der Waals surface area contributed by atoms with Gasteiger partial charge in [-0.05, 0) is 31.6 Å². The Morgan fingerprint density at radius 1 is 1.35 bits per heavy atom. The molecule has 0 radical (unpaired) electrons. The molecule has 3 rings (SSSR count). The largest absolute Gasteiger partial charge is 0.349 e. The summed E-state index contributed by atoms with van der Waals surface area (Å²) in [5.41, 5.74) is 2.34. The lowest BCUT2D eigenvalue weighted by atomic mass is 10.1. The molecule has 0 bridgehead atoms. The predicted molar refractivity (Wildman–Crippen MR) is 89.1 cm³/mol. The van der Waals surface area contributed by atoms with Crippen LogP contribution < -0.4 is 0 Å². The third-order valence-electron chi connectivity index (χ3n) is 3.74. The highest BCUT2D eigenvalue weighted by Crippen LogP contribution is 2.27. The molecule has 6 heteroatoms. The first-order valence-corrected chi connectivity index (χ1v) is 7.48. The van der Waals surface area contributed by atoms with Crippen molar-refractivity contribution < 1.29 is 9.45 Å². The van der Waals surface area contributed by atoms with Gasteiger partial charge in [-0.2, -0.15) is 0 Å². The van der Waals surface area contributed by atoms with E-state index in [1.165, 1.54) is 0 Å². The summed E-state index contributed by atoms with van der Waals surface area (Å²) in [7, 11) is 0. The second-order valence-electron chi connectivity index (χ2n) is 5.37. The summed E-state index contributed by atoms with van der Waals surface area (Å²) in [4.78, 5) is 10.6. The Labute approximate surface area is 133 Å². The van der Waals surface area contributed by atoms with E-state index < -0.39 is 4.92 Å². The lowest BCUT2D eigenvalue weighted by Crippen LogP contribution is -1.93. The third kappa shape index (κ3) is 2.75. The number of fused-ring (bicyclic) bond motifs is 1. The number of benzene rings is 1. The standard InChI is InChI=1S/C17H17N3O3/c1-3-10-19-11-13(14-6-4-5-7-15(14)19)8-9-16-17(20(21)22)12(2)18-23-16/h4-9,11H,3,10H2,1-2H3/b9-8+. The molecule has 2 heterocycles. The fourth-order valence-corrected chi connectivity index (χ4v) is 2.71. The molecule has 0 N–H and O–H groups in total. The topological polar surface area (TPSA) is 74.1 Å². The SMILES string of the molecule is CCCn1cc(/C=C/c2onc(C)c2[N+](=O)[O-])c2ccccc21. The van der Waals surface area contributed by atoms with E-state index in [0.717, 1.165) is 29.4 Å². The molecule has 6 nitrogen and oxygen atoms in total. The maximum absolute atomic E-state index is 11.1. The van der Waals surface area contributed by atoms with E-state index in [0.29, 0.717) is 0 Å². The molecular weight excluding hydrogens is 294 g/mol. The minimum Gasteiger partial charge on any atom is -0.349 e. The summed E-state index contributed by atoms with van der Waals surface area (Å²) in [6.07, 6.45) is 6.53. The molecule has 3 aromatic rings. The van der Waals surface area contributed by atoms with Crippen molar-refractivity contribution >= 4 is 28.7 Å². The Morgan fingerprint density at radius 2 is 2.13 bits per heavy atom. The number of nitro groups is 1. The number of hydrogen-bond donors (Lipinski definition) is 0. The monoisotopic (exact) mass is 311 g/mol. The van der Waals surface area contributed by atoms with Crippen molar-refractivity contribution in [3.63, 3.8) is 0 Å². The van der Waals surface area contributed by atoms with E-state index in [4.69, 9.17) is 4.52 Å². The Hall–Kier alpha value is -2.89. The molecule has 0 aliphatic heterocycles. The van der Waals surface area contributed by atoms with E-state index >= 15 is 0 Å². The minimum atomic E-state index is -0.466. The summed E-state index contributed by atoms with van der Waals surface area (Å²) < 4.78 is 7.25. The fraction of sp³-hybridized carbons (Fsp3) is 0.235. The van der Waals surface area contributed by atoms with E-state index in [2.05, 4.69) is 28.9 Å². The number of aromatic nitrogens is 2. The maximum atomic E-state index is 11.1. The van der Waals surface area contributed by atoms with Crippen LogP contribution in [0.2, 0.25) is 0 Å². The van der Waals surface area contributed by atoms with Crippen molar-refractivity contribution in [1.82, 2.24) is 9.72 Å². The minimum absolute atomic E-state index is 0.0847. The zero-order valence-corrected chi connectivity index (χ0v) is 13.0. The third-order valence-corrected chi connectivity index (χ3v) is 3.74. The zero-order chi connectivity index (χ0) is 16.4. The van der Waals surface area contributed by atoms with E-state index in [1.807, 2.05) is 24.3 Å². The summed E-state index contributed by atoms with van der Waals surface area (Å²) in [6, 6.07) is 8.11. The van der Waals surface area contributed by atoms with Crippen LogP contribution in [0.1, 0.15) is 30.4 Å². The normalized spacial score (nSPS) is 11.6. The van der Waals surface area contributed by atoms with Gasteiger partial charge in [-0.25, -0.2) is 0 Å². The van der Waals surface area contributed by atoms with Gasteiger partial charge in [-0.3, -0.25) is 10.1 Å². The van der Waals surface area contributed by atoms with Crippen LogP contribution in [0.3, 0.4) is 0 Å². The van der Waals surface area contributed by atoms with E-state index in [-0.39, 0.29) is 17.1 Å². The van der Waals surface area contributed by atoms with Crippen molar-refractivity contribution in [3.05, 3.63) is 57.6 Å². The lowest BCUT2D eigenvalue weighted by molar-refractivity contribution is -0.386. The van der Waals surface area contributed by atoms with Crippen LogP contribution in [0.5, 0.6) is 0 Å². The van der Waals surface area contributed by atoms with Gasteiger partial charge in [-0.1, -0.05) is 30.3 Å². The first-order valence-electron chi connectivity index (χ1n) is 7.48. The average molecular weight is 311 g/mol. The van der Waals surface area contributed by atoms with Crippen LogP contribution >= 0.6 is 0 Å². The molecule has 2 aromatic heterocycles. The summed E-state index contributed by atoms with van der Waals surface area (Å²) in [6.45, 7) is 4.62. The first-order chi connectivity index (χ1) is 11.1. The quantitative estimate of drug-likeness (QED) is 0.516. The summed E-state index contributed by atoms with van der Waals surface area (Å²) in [5.74, 6) is 0.167. The second-order valence-corrected chi connectivity index (χ2v) is 5.37. The van der Waals surface area contributed by atoms with Crippen molar-refractivity contribution in [2.75, 3.05) is 0 Å². The molecule has 0 saturated heterocycles. The van der Waals surface area contributed by atoms with Gasteiger partial charge in [0.15, 0.2) is 5.69 Å². The molecule has 0 fully saturated rings. The predicted octanol–water partition coefficient (Wildman–Crippen LogP) is 4.43. The van der Waals surface area contributed by atoms with Crippen molar-refractivity contribution in [3.8, 4) is 0 Å². The molecule has 0 atom stereocenters. The molecular formula is C17H17N3O3. The van der Waals surface area contributed by atoms with E-state index in [1.54, 1.807) is 13.0 Å².